The van der Waals surface area contributed by atoms with Crippen LogP contribution in [0.2, 0.25) is 0 Å². The van der Waals surface area contributed by atoms with E-state index >= 15 is 0 Å². The van der Waals surface area contributed by atoms with Crippen LogP contribution in [-0.4, -0.2) is 30.3 Å². The maximum Gasteiger partial charge on any atom is 0.196 e. The number of rotatable bonds is 6. The maximum atomic E-state index is 6.10. The van der Waals surface area contributed by atoms with Crippen LogP contribution in [0.25, 0.3) is 0 Å². The van der Waals surface area contributed by atoms with Crippen LogP contribution < -0.4 is 16.4 Å². The first-order valence-corrected chi connectivity index (χ1v) is 13.9. The highest BCUT2D eigenvalue weighted by atomic mass is 32.2. The van der Waals surface area contributed by atoms with Crippen molar-refractivity contribution in [2.75, 3.05) is 11.6 Å². The van der Waals surface area contributed by atoms with Crippen molar-refractivity contribution in [3.05, 3.63) is 24.3 Å². The monoisotopic (exact) mass is 442 g/mol. The number of nitrogens with two attached hydrogens (primary N) is 1. The summed E-state index contributed by atoms with van der Waals surface area (Å²) in [5.41, 5.74) is 7.27. The van der Waals surface area contributed by atoms with E-state index in [1.807, 2.05) is 0 Å². The van der Waals surface area contributed by atoms with Gasteiger partial charge in [-0.2, -0.15) is 0 Å². The van der Waals surface area contributed by atoms with Gasteiger partial charge in [0, 0.05) is 17.0 Å². The van der Waals surface area contributed by atoms with E-state index in [2.05, 4.69) is 41.2 Å². The van der Waals surface area contributed by atoms with Gasteiger partial charge in [-0.25, -0.2) is 4.99 Å². The molecule has 1 aromatic carbocycles. The first-order valence-electron chi connectivity index (χ1n) is 12.7. The molecule has 3 fully saturated rings. The number of guanidine groups is 1. The first kappa shape index (κ1) is 23.0. The molecule has 5 heteroatoms. The van der Waals surface area contributed by atoms with Crippen molar-refractivity contribution in [3.63, 3.8) is 0 Å². The smallest absolute Gasteiger partial charge is 0.196 e. The Hall–Kier alpha value is -1.20. The molecule has 0 spiro atoms. The molecule has 3 aliphatic carbocycles. The van der Waals surface area contributed by atoms with E-state index < -0.39 is 0 Å². The highest BCUT2D eigenvalue weighted by molar-refractivity contribution is 7.98. The molecule has 0 atom stereocenters. The van der Waals surface area contributed by atoms with Crippen molar-refractivity contribution >= 4 is 23.4 Å². The van der Waals surface area contributed by atoms with E-state index in [1.165, 1.54) is 94.1 Å². The Bertz CT molecular complexity index is 699. The Balaban J connectivity index is 1.34. The van der Waals surface area contributed by atoms with Gasteiger partial charge in [-0.1, -0.05) is 25.0 Å². The largest absolute Gasteiger partial charge is 0.353 e. The van der Waals surface area contributed by atoms with Crippen LogP contribution in [0.3, 0.4) is 0 Å². The van der Waals surface area contributed by atoms with Gasteiger partial charge in [-0.3, -0.25) is 0 Å². The van der Waals surface area contributed by atoms with Crippen molar-refractivity contribution in [1.29, 1.82) is 0 Å². The number of nitrogens with zero attached hydrogens (tertiary/aromatic N) is 1. The van der Waals surface area contributed by atoms with Gasteiger partial charge < -0.3 is 16.4 Å². The van der Waals surface area contributed by atoms with Gasteiger partial charge in [0.2, 0.25) is 0 Å². The SMILES string of the molecule is CSc1ccccc1NC(=NC1CCC(CC2CCC(N)CC2)CC1)NC1CCCC1. The predicted molar refractivity (Wildman–Crippen MR) is 135 cm³/mol. The van der Waals surface area contributed by atoms with Gasteiger partial charge in [0.05, 0.1) is 11.7 Å². The highest BCUT2D eigenvalue weighted by Crippen LogP contribution is 2.36. The Morgan fingerprint density at radius 1 is 0.935 bits per heavy atom. The van der Waals surface area contributed by atoms with Crippen LogP contribution >= 0.6 is 11.8 Å². The van der Waals surface area contributed by atoms with Gasteiger partial charge in [0.1, 0.15) is 0 Å². The normalized spacial score (nSPS) is 30.3. The summed E-state index contributed by atoms with van der Waals surface area (Å²) < 4.78 is 0. The molecule has 0 unspecified atom stereocenters. The summed E-state index contributed by atoms with van der Waals surface area (Å²) in [7, 11) is 0. The van der Waals surface area contributed by atoms with E-state index in [-0.39, 0.29) is 0 Å². The Morgan fingerprint density at radius 3 is 2.26 bits per heavy atom. The summed E-state index contributed by atoms with van der Waals surface area (Å²) in [5, 5.41) is 7.42. The molecule has 3 saturated carbocycles. The average Bonchev–Trinajstić information content (AvgIpc) is 3.30. The summed E-state index contributed by atoms with van der Waals surface area (Å²) in [5.74, 6) is 2.83. The average molecular weight is 443 g/mol. The molecule has 0 amide bonds. The molecular weight excluding hydrogens is 400 g/mol. The molecular formula is C26H42N4S. The summed E-state index contributed by atoms with van der Waals surface area (Å²) in [6, 6.07) is 10.1. The lowest BCUT2D eigenvalue weighted by atomic mass is 9.76. The van der Waals surface area contributed by atoms with Crippen LogP contribution in [0.5, 0.6) is 0 Å². The van der Waals surface area contributed by atoms with Crippen molar-refractivity contribution in [3.8, 4) is 0 Å². The zero-order valence-electron chi connectivity index (χ0n) is 19.3. The molecule has 4 nitrogen and oxygen atoms in total. The number of anilines is 1. The van der Waals surface area contributed by atoms with Crippen LogP contribution in [0.4, 0.5) is 5.69 Å². The molecule has 0 heterocycles. The second-order valence-corrected chi connectivity index (χ2v) is 11.0. The minimum Gasteiger partial charge on any atom is -0.353 e. The van der Waals surface area contributed by atoms with E-state index in [9.17, 15) is 0 Å². The Kier molecular flexibility index (Phi) is 8.60. The van der Waals surface area contributed by atoms with Gasteiger partial charge in [0.15, 0.2) is 5.96 Å². The lowest BCUT2D eigenvalue weighted by molar-refractivity contribution is 0.226. The first-order chi connectivity index (χ1) is 15.2. The third kappa shape index (κ3) is 6.89. The summed E-state index contributed by atoms with van der Waals surface area (Å²) in [4.78, 5) is 6.51. The third-order valence-electron chi connectivity index (χ3n) is 7.74. The Labute approximate surface area is 193 Å². The molecule has 4 rings (SSSR count). The second-order valence-electron chi connectivity index (χ2n) is 10.1. The van der Waals surface area contributed by atoms with Crippen molar-refractivity contribution in [2.24, 2.45) is 22.6 Å². The quantitative estimate of drug-likeness (QED) is 0.280. The van der Waals surface area contributed by atoms with E-state index in [4.69, 9.17) is 10.7 Å². The predicted octanol–water partition coefficient (Wildman–Crippen LogP) is 6.18. The van der Waals surface area contributed by atoms with Crippen LogP contribution in [0.1, 0.15) is 83.5 Å². The Morgan fingerprint density at radius 2 is 1.58 bits per heavy atom. The molecule has 31 heavy (non-hydrogen) atoms. The fourth-order valence-electron chi connectivity index (χ4n) is 5.83. The zero-order chi connectivity index (χ0) is 21.5. The second kappa shape index (κ2) is 11.6. The van der Waals surface area contributed by atoms with Crippen LogP contribution in [-0.2, 0) is 0 Å². The fraction of sp³-hybridized carbons (Fsp3) is 0.731. The number of benzene rings is 1. The summed E-state index contributed by atoms with van der Waals surface area (Å²) in [6.07, 6.45) is 19.1. The standard InChI is InChI=1S/C26H42N4S/c1-31-25-9-5-4-8-24(25)30-26(28-22-6-2-3-7-22)29-23-16-12-20(13-17-23)18-19-10-14-21(27)15-11-19/h4-5,8-9,19-23H,2-3,6-7,10-18,27H2,1H3,(H2,28,29,30). The highest BCUT2D eigenvalue weighted by Gasteiger charge is 2.26. The summed E-state index contributed by atoms with van der Waals surface area (Å²) in [6.45, 7) is 0. The minimum absolute atomic E-state index is 0.453. The molecule has 3 aliphatic rings. The van der Waals surface area contributed by atoms with Crippen molar-refractivity contribution in [1.82, 2.24) is 5.32 Å². The maximum absolute atomic E-state index is 6.10. The van der Waals surface area contributed by atoms with Gasteiger partial charge >= 0.3 is 0 Å². The van der Waals surface area contributed by atoms with E-state index in [0.717, 1.165) is 17.8 Å². The number of hydrogen-bond donors (Lipinski definition) is 3. The van der Waals surface area contributed by atoms with Crippen molar-refractivity contribution < 1.29 is 0 Å². The molecule has 0 aromatic heterocycles. The topological polar surface area (TPSA) is 62.4 Å². The van der Waals surface area contributed by atoms with Gasteiger partial charge in [-0.15, -0.1) is 11.8 Å². The number of para-hydroxylation sites is 1. The van der Waals surface area contributed by atoms with E-state index in [0.29, 0.717) is 18.1 Å². The molecule has 0 saturated heterocycles. The van der Waals surface area contributed by atoms with Gasteiger partial charge in [0.25, 0.3) is 0 Å². The molecule has 1 aromatic rings. The van der Waals surface area contributed by atoms with Crippen LogP contribution in [0, 0.1) is 11.8 Å². The van der Waals surface area contributed by atoms with Crippen molar-refractivity contribution in [2.45, 2.75) is 106 Å². The molecule has 0 bridgehead atoms. The lowest BCUT2D eigenvalue weighted by Crippen LogP contribution is -2.39. The fourth-order valence-corrected chi connectivity index (χ4v) is 6.39. The molecule has 4 N–H and O–H groups in total. The number of hydrogen-bond acceptors (Lipinski definition) is 3. The molecule has 0 radical (unpaired) electrons. The third-order valence-corrected chi connectivity index (χ3v) is 8.54. The number of thioether (sulfide) groups is 1. The zero-order valence-corrected chi connectivity index (χ0v) is 20.1. The lowest BCUT2D eigenvalue weighted by Gasteiger charge is -2.32. The molecule has 0 aliphatic heterocycles. The number of nitrogens with one attached hydrogen (secondary N) is 2. The van der Waals surface area contributed by atoms with E-state index in [1.54, 1.807) is 11.8 Å². The van der Waals surface area contributed by atoms with Crippen LogP contribution in [0.15, 0.2) is 34.2 Å². The van der Waals surface area contributed by atoms with Gasteiger partial charge in [-0.05, 0) is 101 Å². The minimum atomic E-state index is 0.453. The summed E-state index contributed by atoms with van der Waals surface area (Å²) >= 11 is 1.79. The molecule has 172 valence electrons. The number of aliphatic imine (C=N–C) groups is 1.